The first-order valence-corrected chi connectivity index (χ1v) is 9.95. The molecule has 3 unspecified atom stereocenters. The normalized spacial score (nSPS) is 23.8. The molecular formula is C24H38O2. The highest BCUT2D eigenvalue weighted by Crippen LogP contribution is 2.46. The van der Waals surface area contributed by atoms with Gasteiger partial charge < -0.3 is 10.2 Å². The quantitative estimate of drug-likeness (QED) is 0.611. The van der Waals surface area contributed by atoms with E-state index in [1.54, 1.807) is 5.57 Å². The monoisotopic (exact) mass is 358 g/mol. The maximum absolute atomic E-state index is 9.53. The van der Waals surface area contributed by atoms with Crippen LogP contribution in [0.25, 0.3) is 0 Å². The van der Waals surface area contributed by atoms with Crippen molar-refractivity contribution >= 4 is 0 Å². The summed E-state index contributed by atoms with van der Waals surface area (Å²) in [5.41, 5.74) is 3.10. The predicted octanol–water partition coefficient (Wildman–Crippen LogP) is 6.24. The number of aromatic hydroxyl groups is 1. The first-order chi connectivity index (χ1) is 12.3. The van der Waals surface area contributed by atoms with Crippen molar-refractivity contribution in [3.63, 3.8) is 0 Å². The zero-order valence-electron chi connectivity index (χ0n) is 17.3. The van der Waals surface area contributed by atoms with Crippen LogP contribution in [0.3, 0.4) is 0 Å². The molecule has 0 heterocycles. The van der Waals surface area contributed by atoms with Gasteiger partial charge in [-0.05, 0) is 73.5 Å². The molecule has 3 atom stereocenters. The van der Waals surface area contributed by atoms with E-state index in [-0.39, 0.29) is 12.0 Å². The fourth-order valence-electron chi connectivity index (χ4n) is 4.21. The Bertz CT molecular complexity index is 568. The Labute approximate surface area is 160 Å². The number of phenolic OH excluding ortho intramolecular Hbond substituents is 1. The standard InChI is InChI=1S/C21H32O.C3H6O/c1-6-7-15(2)20-14-18(9-8-16(20)3)21(4,5)17-10-12-19(22)13-11-17;1-2-3-4/h7,10-13,16,18,20,22H,6,8-9,14H2,1-5H3;2,4H,1,3H2/b15-7+;. The summed E-state index contributed by atoms with van der Waals surface area (Å²) in [6, 6.07) is 7.83. The van der Waals surface area contributed by atoms with Crippen LogP contribution in [0.2, 0.25) is 0 Å². The highest BCUT2D eigenvalue weighted by Gasteiger charge is 2.37. The van der Waals surface area contributed by atoms with E-state index in [1.807, 2.05) is 12.1 Å². The summed E-state index contributed by atoms with van der Waals surface area (Å²) in [5.74, 6) is 2.60. The summed E-state index contributed by atoms with van der Waals surface area (Å²) in [4.78, 5) is 0. The van der Waals surface area contributed by atoms with E-state index >= 15 is 0 Å². The summed E-state index contributed by atoms with van der Waals surface area (Å²) in [5, 5.41) is 17.3. The second-order valence-electron chi connectivity index (χ2n) is 8.19. The van der Waals surface area contributed by atoms with Gasteiger partial charge in [-0.25, -0.2) is 0 Å². The summed E-state index contributed by atoms with van der Waals surface area (Å²) in [7, 11) is 0. The lowest BCUT2D eigenvalue weighted by Crippen LogP contribution is -2.35. The fraction of sp³-hybridized carbons (Fsp3) is 0.583. The highest BCUT2D eigenvalue weighted by atomic mass is 16.3. The minimum absolute atomic E-state index is 0.0833. The average molecular weight is 359 g/mol. The number of rotatable bonds is 5. The smallest absolute Gasteiger partial charge is 0.115 e. The van der Waals surface area contributed by atoms with Gasteiger partial charge in [-0.3, -0.25) is 0 Å². The van der Waals surface area contributed by atoms with E-state index < -0.39 is 0 Å². The first-order valence-electron chi connectivity index (χ1n) is 9.95. The molecule has 146 valence electrons. The number of allylic oxidation sites excluding steroid dienone is 2. The molecule has 0 bridgehead atoms. The van der Waals surface area contributed by atoms with Gasteiger partial charge in [-0.15, -0.1) is 6.58 Å². The molecule has 1 aliphatic rings. The minimum atomic E-state index is 0.0833. The Balaban J connectivity index is 0.000000765. The van der Waals surface area contributed by atoms with Crippen LogP contribution in [0.5, 0.6) is 5.75 Å². The van der Waals surface area contributed by atoms with Gasteiger partial charge in [-0.1, -0.05) is 57.6 Å². The van der Waals surface area contributed by atoms with Crippen LogP contribution >= 0.6 is 0 Å². The molecule has 0 saturated heterocycles. The van der Waals surface area contributed by atoms with E-state index in [4.69, 9.17) is 5.11 Å². The van der Waals surface area contributed by atoms with Gasteiger partial charge in [0.15, 0.2) is 0 Å². The van der Waals surface area contributed by atoms with Gasteiger partial charge in [-0.2, -0.15) is 0 Å². The number of aliphatic hydroxyl groups excluding tert-OH is 1. The van der Waals surface area contributed by atoms with Gasteiger partial charge in [0.25, 0.3) is 0 Å². The number of aliphatic hydroxyl groups is 1. The lowest BCUT2D eigenvalue weighted by Gasteiger charge is -2.43. The van der Waals surface area contributed by atoms with Crippen molar-refractivity contribution in [1.82, 2.24) is 0 Å². The van der Waals surface area contributed by atoms with E-state index in [2.05, 4.69) is 59.4 Å². The van der Waals surface area contributed by atoms with Crippen molar-refractivity contribution < 1.29 is 10.2 Å². The predicted molar refractivity (Wildman–Crippen MR) is 112 cm³/mol. The third-order valence-corrected chi connectivity index (χ3v) is 6.07. The van der Waals surface area contributed by atoms with Gasteiger partial charge >= 0.3 is 0 Å². The van der Waals surface area contributed by atoms with Crippen molar-refractivity contribution in [2.75, 3.05) is 6.61 Å². The largest absolute Gasteiger partial charge is 0.508 e. The van der Waals surface area contributed by atoms with Crippen molar-refractivity contribution in [3.05, 3.63) is 54.1 Å². The Morgan fingerprint density at radius 1 is 1.23 bits per heavy atom. The molecule has 1 saturated carbocycles. The molecular weight excluding hydrogens is 320 g/mol. The molecule has 2 rings (SSSR count). The van der Waals surface area contributed by atoms with Crippen LogP contribution in [0, 0.1) is 17.8 Å². The van der Waals surface area contributed by atoms with E-state index in [1.165, 1.54) is 30.9 Å². The van der Waals surface area contributed by atoms with E-state index in [0.717, 1.165) is 18.3 Å². The molecule has 0 aromatic heterocycles. The molecule has 0 amide bonds. The van der Waals surface area contributed by atoms with Gasteiger partial charge in [0.05, 0.1) is 6.61 Å². The number of hydrogen-bond acceptors (Lipinski definition) is 2. The lowest BCUT2D eigenvalue weighted by molar-refractivity contribution is 0.157. The third-order valence-electron chi connectivity index (χ3n) is 6.07. The molecule has 1 fully saturated rings. The number of benzene rings is 1. The zero-order chi connectivity index (χ0) is 19.7. The van der Waals surface area contributed by atoms with Crippen LogP contribution in [0.1, 0.15) is 65.9 Å². The summed E-state index contributed by atoms with van der Waals surface area (Å²) >= 11 is 0. The van der Waals surface area contributed by atoms with Gasteiger partial charge in [0.2, 0.25) is 0 Å². The molecule has 2 N–H and O–H groups in total. The van der Waals surface area contributed by atoms with Crippen molar-refractivity contribution in [1.29, 1.82) is 0 Å². The van der Waals surface area contributed by atoms with E-state index in [9.17, 15) is 5.11 Å². The summed E-state index contributed by atoms with van der Waals surface area (Å²) < 4.78 is 0. The molecule has 0 spiro atoms. The van der Waals surface area contributed by atoms with Gasteiger partial charge in [0, 0.05) is 0 Å². The Morgan fingerprint density at radius 3 is 2.31 bits per heavy atom. The summed E-state index contributed by atoms with van der Waals surface area (Å²) in [6.07, 6.45) is 8.91. The molecule has 1 aliphatic carbocycles. The highest BCUT2D eigenvalue weighted by molar-refractivity contribution is 5.31. The van der Waals surface area contributed by atoms with Crippen LogP contribution in [-0.2, 0) is 5.41 Å². The molecule has 1 aromatic carbocycles. The zero-order valence-corrected chi connectivity index (χ0v) is 17.3. The molecule has 26 heavy (non-hydrogen) atoms. The Morgan fingerprint density at radius 2 is 1.81 bits per heavy atom. The topological polar surface area (TPSA) is 40.5 Å². The molecule has 0 radical (unpaired) electrons. The minimum Gasteiger partial charge on any atom is -0.508 e. The third kappa shape index (κ3) is 6.02. The lowest BCUT2D eigenvalue weighted by atomic mass is 9.61. The maximum atomic E-state index is 9.53. The van der Waals surface area contributed by atoms with Crippen LogP contribution in [-0.4, -0.2) is 16.8 Å². The van der Waals surface area contributed by atoms with Crippen molar-refractivity contribution in [3.8, 4) is 5.75 Å². The second-order valence-corrected chi connectivity index (χ2v) is 8.19. The average Bonchev–Trinajstić information content (AvgIpc) is 2.62. The van der Waals surface area contributed by atoms with E-state index in [0.29, 0.717) is 11.7 Å². The number of phenols is 1. The van der Waals surface area contributed by atoms with Crippen LogP contribution < -0.4 is 0 Å². The van der Waals surface area contributed by atoms with Crippen molar-refractivity contribution in [2.45, 2.75) is 65.7 Å². The summed E-state index contributed by atoms with van der Waals surface area (Å²) in [6.45, 7) is 15.0. The SMILES string of the molecule is C=CCO.CC/C=C(\C)C1CC(C(C)(C)c2ccc(O)cc2)CCC1C. The first kappa shape index (κ1) is 22.5. The second kappa shape index (κ2) is 10.6. The molecule has 0 aliphatic heterocycles. The van der Waals surface area contributed by atoms with Crippen molar-refractivity contribution in [2.24, 2.45) is 17.8 Å². The maximum Gasteiger partial charge on any atom is 0.115 e. The molecule has 2 heteroatoms. The fourth-order valence-corrected chi connectivity index (χ4v) is 4.21. The van der Waals surface area contributed by atoms with Crippen LogP contribution in [0.4, 0.5) is 0 Å². The van der Waals surface area contributed by atoms with Crippen LogP contribution in [0.15, 0.2) is 48.6 Å². The molecule has 1 aromatic rings. The number of hydrogen-bond donors (Lipinski definition) is 2. The Hall–Kier alpha value is -1.54. The Kier molecular flexibility index (Phi) is 9.15. The van der Waals surface area contributed by atoms with Gasteiger partial charge in [0.1, 0.15) is 5.75 Å². The molecule has 2 nitrogen and oxygen atoms in total.